The lowest BCUT2D eigenvalue weighted by molar-refractivity contribution is -0.122. The van der Waals surface area contributed by atoms with Gasteiger partial charge in [0, 0.05) is 21.2 Å². The summed E-state index contributed by atoms with van der Waals surface area (Å²) in [7, 11) is 0. The molecule has 0 spiro atoms. The molecule has 0 radical (unpaired) electrons. The van der Waals surface area contributed by atoms with Crippen LogP contribution in [0.4, 0.5) is 10.5 Å². The van der Waals surface area contributed by atoms with Crippen LogP contribution in [0.5, 0.6) is 11.5 Å². The van der Waals surface area contributed by atoms with Crippen molar-refractivity contribution in [3.63, 3.8) is 0 Å². The Labute approximate surface area is 263 Å². The summed E-state index contributed by atoms with van der Waals surface area (Å²) >= 11 is 12.5. The van der Waals surface area contributed by atoms with E-state index in [1.165, 1.54) is 6.08 Å². The molecule has 0 saturated carbocycles. The number of rotatable bonds is 8. The summed E-state index contributed by atoms with van der Waals surface area (Å²) in [5.74, 6) is -0.685. The van der Waals surface area contributed by atoms with Crippen molar-refractivity contribution in [3.8, 4) is 11.5 Å². The lowest BCUT2D eigenvalue weighted by Crippen LogP contribution is -2.54. The predicted octanol–water partition coefficient (Wildman–Crippen LogP) is 7.97. The van der Waals surface area contributed by atoms with Gasteiger partial charge in [0.25, 0.3) is 11.8 Å². The molecule has 5 aromatic carbocycles. The van der Waals surface area contributed by atoms with Crippen molar-refractivity contribution in [3.05, 3.63) is 142 Å². The highest BCUT2D eigenvalue weighted by Gasteiger charge is 2.37. The molecule has 1 saturated heterocycles. The third-order valence-corrected chi connectivity index (χ3v) is 7.69. The number of halogens is 2. The second kappa shape index (κ2) is 12.6. The van der Waals surface area contributed by atoms with Crippen LogP contribution in [0.3, 0.4) is 0 Å². The van der Waals surface area contributed by atoms with Crippen molar-refractivity contribution in [2.24, 2.45) is 0 Å². The van der Waals surface area contributed by atoms with Gasteiger partial charge in [0.2, 0.25) is 0 Å². The van der Waals surface area contributed by atoms with Gasteiger partial charge in [-0.15, -0.1) is 0 Å². The molecule has 4 amide bonds. The minimum atomic E-state index is -0.861. The van der Waals surface area contributed by atoms with Crippen LogP contribution in [0, 0.1) is 0 Å². The van der Waals surface area contributed by atoms with Crippen molar-refractivity contribution >= 4 is 63.6 Å². The van der Waals surface area contributed by atoms with E-state index in [-0.39, 0.29) is 24.5 Å². The molecule has 1 aliphatic rings. The van der Waals surface area contributed by atoms with Gasteiger partial charge in [-0.25, -0.2) is 9.69 Å². The van der Waals surface area contributed by atoms with Gasteiger partial charge >= 0.3 is 6.03 Å². The second-order valence-corrected chi connectivity index (χ2v) is 10.8. The number of fused-ring (bicyclic) bond motifs is 1. The number of hydrogen-bond acceptors (Lipinski definition) is 5. The highest BCUT2D eigenvalue weighted by molar-refractivity contribution is 6.39. The second-order valence-electron chi connectivity index (χ2n) is 9.94. The fourth-order valence-corrected chi connectivity index (χ4v) is 5.22. The van der Waals surface area contributed by atoms with Crippen LogP contribution in [0.1, 0.15) is 16.7 Å². The molecule has 6 rings (SSSR count). The molecule has 0 aliphatic carbocycles. The van der Waals surface area contributed by atoms with E-state index in [9.17, 15) is 14.4 Å². The first-order valence-electron chi connectivity index (χ1n) is 13.6. The third-order valence-electron chi connectivity index (χ3n) is 7.08. The van der Waals surface area contributed by atoms with Gasteiger partial charge < -0.3 is 9.47 Å². The first-order valence-corrected chi connectivity index (χ1v) is 14.4. The van der Waals surface area contributed by atoms with Gasteiger partial charge in [0.05, 0.1) is 5.69 Å². The van der Waals surface area contributed by atoms with E-state index in [0.29, 0.717) is 27.1 Å². The number of nitrogens with zero attached hydrogens (tertiary/aromatic N) is 1. The average molecular weight is 623 g/mol. The van der Waals surface area contributed by atoms with Crippen molar-refractivity contribution in [1.82, 2.24) is 5.32 Å². The van der Waals surface area contributed by atoms with E-state index < -0.39 is 17.8 Å². The minimum Gasteiger partial charge on any atom is -0.489 e. The van der Waals surface area contributed by atoms with E-state index in [1.807, 2.05) is 60.7 Å². The van der Waals surface area contributed by atoms with Crippen molar-refractivity contribution in [2.45, 2.75) is 13.2 Å². The summed E-state index contributed by atoms with van der Waals surface area (Å²) in [4.78, 5) is 40.1. The normalized spacial score (nSPS) is 14.2. The van der Waals surface area contributed by atoms with E-state index in [4.69, 9.17) is 32.7 Å². The van der Waals surface area contributed by atoms with E-state index >= 15 is 0 Å². The Morgan fingerprint density at radius 2 is 1.43 bits per heavy atom. The number of urea groups is 1. The Balaban J connectivity index is 1.23. The molecule has 1 N–H and O–H groups in total. The van der Waals surface area contributed by atoms with Gasteiger partial charge in [0.15, 0.2) is 0 Å². The van der Waals surface area contributed by atoms with Gasteiger partial charge in [-0.05, 0) is 70.9 Å². The zero-order valence-electron chi connectivity index (χ0n) is 23.1. The molecule has 218 valence electrons. The number of carbonyl (C=O) groups excluding carboxylic acids is 3. The van der Waals surface area contributed by atoms with E-state index in [1.54, 1.807) is 48.5 Å². The maximum Gasteiger partial charge on any atom is 0.335 e. The van der Waals surface area contributed by atoms with Crippen LogP contribution in [0.25, 0.3) is 16.8 Å². The molecule has 44 heavy (non-hydrogen) atoms. The number of benzene rings is 5. The zero-order valence-corrected chi connectivity index (χ0v) is 24.6. The summed E-state index contributed by atoms with van der Waals surface area (Å²) in [5.41, 5.74) is 2.21. The molecule has 9 heteroatoms. The summed E-state index contributed by atoms with van der Waals surface area (Å²) in [6.45, 7) is 0.489. The summed E-state index contributed by atoms with van der Waals surface area (Å²) in [6, 6.07) is 31.7. The quantitative estimate of drug-likeness (QED) is 0.140. The molecule has 5 aromatic rings. The Morgan fingerprint density at radius 3 is 2.25 bits per heavy atom. The first kappa shape index (κ1) is 29.0. The Hall–Kier alpha value is -5.11. The van der Waals surface area contributed by atoms with Crippen LogP contribution in [0.2, 0.25) is 10.0 Å². The van der Waals surface area contributed by atoms with Crippen LogP contribution in [-0.4, -0.2) is 17.8 Å². The molecule has 1 heterocycles. The standard InChI is InChI=1S/C35H24Cl2N2O5/c36-26-12-17-32(44-20-23-9-5-8-22-6-1-3-10-29(22)23)25(18-26)19-30-33(40)38-35(42)39(34(30)41)27-13-15-28(16-14-27)43-21-24-7-2-4-11-31(24)37/h1-19H,20-21H2,(H,38,40,42)/b30-19+. The maximum absolute atomic E-state index is 13.6. The van der Waals surface area contributed by atoms with Crippen molar-refractivity contribution in [2.75, 3.05) is 4.90 Å². The predicted molar refractivity (Wildman–Crippen MR) is 171 cm³/mol. The molecule has 0 atom stereocenters. The number of barbiturate groups is 1. The van der Waals surface area contributed by atoms with Gasteiger partial charge in [-0.3, -0.25) is 14.9 Å². The average Bonchev–Trinajstić information content (AvgIpc) is 3.03. The number of amides is 4. The lowest BCUT2D eigenvalue weighted by atomic mass is 10.0. The molecule has 0 bridgehead atoms. The summed E-state index contributed by atoms with van der Waals surface area (Å²) < 4.78 is 12.0. The minimum absolute atomic E-state index is 0.244. The van der Waals surface area contributed by atoms with Crippen molar-refractivity contribution < 1.29 is 23.9 Å². The lowest BCUT2D eigenvalue weighted by Gasteiger charge is -2.26. The molecule has 7 nitrogen and oxygen atoms in total. The molecular formula is C35H24Cl2N2O5. The molecule has 1 aliphatic heterocycles. The summed E-state index contributed by atoms with van der Waals surface area (Å²) in [5, 5.41) is 5.36. The molecular weight excluding hydrogens is 599 g/mol. The molecule has 1 fully saturated rings. The Kier molecular flexibility index (Phi) is 8.32. The zero-order chi connectivity index (χ0) is 30.6. The van der Waals surface area contributed by atoms with Crippen LogP contribution in [-0.2, 0) is 22.8 Å². The third kappa shape index (κ3) is 6.15. The SMILES string of the molecule is O=C1NC(=O)N(c2ccc(OCc3ccccc3Cl)cc2)C(=O)/C1=C/c1cc(Cl)ccc1OCc1cccc2ccccc12. The Bertz CT molecular complexity index is 1930. The fraction of sp³-hybridized carbons (Fsp3) is 0.0571. The maximum atomic E-state index is 13.6. The number of carbonyl (C=O) groups is 3. The topological polar surface area (TPSA) is 84.9 Å². The monoisotopic (exact) mass is 622 g/mol. The largest absolute Gasteiger partial charge is 0.489 e. The van der Waals surface area contributed by atoms with Gasteiger partial charge in [0.1, 0.15) is 30.3 Å². The number of nitrogens with one attached hydrogen (secondary N) is 1. The van der Waals surface area contributed by atoms with Gasteiger partial charge in [-0.2, -0.15) is 0 Å². The van der Waals surface area contributed by atoms with Crippen LogP contribution in [0.15, 0.2) is 115 Å². The van der Waals surface area contributed by atoms with E-state index in [0.717, 1.165) is 26.8 Å². The summed E-state index contributed by atoms with van der Waals surface area (Å²) in [6.07, 6.45) is 1.38. The number of anilines is 1. The van der Waals surface area contributed by atoms with Crippen LogP contribution < -0.4 is 19.7 Å². The number of ether oxygens (including phenoxy) is 2. The number of imide groups is 2. The highest BCUT2D eigenvalue weighted by Crippen LogP contribution is 2.30. The fourth-order valence-electron chi connectivity index (χ4n) is 4.85. The smallest absolute Gasteiger partial charge is 0.335 e. The first-order chi connectivity index (χ1) is 21.4. The van der Waals surface area contributed by atoms with Gasteiger partial charge in [-0.1, -0.05) is 83.9 Å². The highest BCUT2D eigenvalue weighted by atomic mass is 35.5. The molecule has 0 aromatic heterocycles. The molecule has 0 unspecified atom stereocenters. The van der Waals surface area contributed by atoms with Crippen LogP contribution >= 0.6 is 23.2 Å². The Morgan fingerprint density at radius 1 is 0.727 bits per heavy atom. The van der Waals surface area contributed by atoms with Crippen molar-refractivity contribution in [1.29, 1.82) is 0 Å². The van der Waals surface area contributed by atoms with E-state index in [2.05, 4.69) is 5.32 Å². The number of hydrogen-bond donors (Lipinski definition) is 1.